The van der Waals surface area contributed by atoms with E-state index in [2.05, 4.69) is 90.9 Å². The topological polar surface area (TPSA) is 12.4 Å². The van der Waals surface area contributed by atoms with Crippen LogP contribution in [0, 0.1) is 0 Å². The fourth-order valence-electron chi connectivity index (χ4n) is 2.87. The van der Waals surface area contributed by atoms with Crippen LogP contribution in [0.2, 0.25) is 0 Å². The minimum atomic E-state index is 0.185. The first-order chi connectivity index (χ1) is 11.2. The molecule has 1 heteroatoms. The molecule has 0 aromatic heterocycles. The normalized spacial score (nSPS) is 12.5. The van der Waals surface area contributed by atoms with Gasteiger partial charge in [0.2, 0.25) is 0 Å². The van der Waals surface area contributed by atoms with Crippen molar-refractivity contribution in [1.82, 2.24) is 0 Å². The van der Waals surface area contributed by atoms with Crippen molar-refractivity contribution in [3.8, 4) is 0 Å². The second kappa shape index (κ2) is 7.34. The first-order valence-electron chi connectivity index (χ1n) is 8.97. The molecule has 128 valence electrons. The van der Waals surface area contributed by atoms with E-state index in [-0.39, 0.29) is 5.41 Å². The van der Waals surface area contributed by atoms with Gasteiger partial charge in [0.15, 0.2) is 0 Å². The maximum Gasteiger partial charge on any atom is 0.0699 e. The van der Waals surface area contributed by atoms with Crippen LogP contribution in [0.25, 0.3) is 0 Å². The van der Waals surface area contributed by atoms with Crippen molar-refractivity contribution in [3.63, 3.8) is 0 Å². The maximum atomic E-state index is 4.89. The molecule has 0 fully saturated rings. The Morgan fingerprint density at radius 3 is 1.71 bits per heavy atom. The summed E-state index contributed by atoms with van der Waals surface area (Å²) in [7, 11) is 0. The lowest BCUT2D eigenvalue weighted by atomic mass is 9.87. The molecule has 0 aliphatic rings. The predicted molar refractivity (Wildman–Crippen MR) is 107 cm³/mol. The Morgan fingerprint density at radius 1 is 0.792 bits per heavy atom. The van der Waals surface area contributed by atoms with Gasteiger partial charge in [-0.3, -0.25) is 4.99 Å². The lowest BCUT2D eigenvalue weighted by Crippen LogP contribution is -2.10. The quantitative estimate of drug-likeness (QED) is 0.538. The standard InChI is InChI=1S/C23H31N/c1-16(2)20-9-8-10-21(17(3)4)22(20)24-15-18-11-13-19(14-12-18)23(5,6)7/h8-17H,1-7H3/b24-15+. The zero-order valence-electron chi connectivity index (χ0n) is 16.2. The SMILES string of the molecule is CC(C)c1cccc(C(C)C)c1/N=C/c1ccc(C(C)(C)C)cc1. The summed E-state index contributed by atoms with van der Waals surface area (Å²) < 4.78 is 0. The molecule has 0 unspecified atom stereocenters. The molecule has 0 amide bonds. The number of hydrogen-bond donors (Lipinski definition) is 0. The van der Waals surface area contributed by atoms with E-state index in [1.165, 1.54) is 16.7 Å². The molecule has 0 saturated carbocycles. The summed E-state index contributed by atoms with van der Waals surface area (Å²) in [6.07, 6.45) is 2.00. The van der Waals surface area contributed by atoms with E-state index in [0.717, 1.165) is 11.3 Å². The Hall–Kier alpha value is -1.89. The Labute approximate surface area is 147 Å². The van der Waals surface area contributed by atoms with Gasteiger partial charge >= 0.3 is 0 Å². The van der Waals surface area contributed by atoms with Gasteiger partial charge in [0.25, 0.3) is 0 Å². The fourth-order valence-corrected chi connectivity index (χ4v) is 2.87. The van der Waals surface area contributed by atoms with Crippen LogP contribution in [-0.4, -0.2) is 6.21 Å². The van der Waals surface area contributed by atoms with Crippen LogP contribution >= 0.6 is 0 Å². The number of aliphatic imine (C=N–C) groups is 1. The van der Waals surface area contributed by atoms with Gasteiger partial charge in [-0.25, -0.2) is 0 Å². The highest BCUT2D eigenvalue weighted by Gasteiger charge is 2.14. The zero-order valence-corrected chi connectivity index (χ0v) is 16.2. The molecule has 0 aliphatic heterocycles. The Balaban J connectivity index is 2.38. The number of rotatable bonds is 4. The van der Waals surface area contributed by atoms with Crippen LogP contribution in [0.1, 0.15) is 82.6 Å². The van der Waals surface area contributed by atoms with Crippen molar-refractivity contribution in [2.45, 2.75) is 65.7 Å². The molecule has 0 radical (unpaired) electrons. The zero-order chi connectivity index (χ0) is 17.9. The van der Waals surface area contributed by atoms with E-state index in [9.17, 15) is 0 Å². The van der Waals surface area contributed by atoms with Gasteiger partial charge in [-0.1, -0.05) is 90.9 Å². The third-order valence-corrected chi connectivity index (χ3v) is 4.46. The molecule has 24 heavy (non-hydrogen) atoms. The van der Waals surface area contributed by atoms with Gasteiger partial charge in [0.05, 0.1) is 5.69 Å². The summed E-state index contributed by atoms with van der Waals surface area (Å²) in [6.45, 7) is 15.7. The van der Waals surface area contributed by atoms with Crippen molar-refractivity contribution < 1.29 is 0 Å². The van der Waals surface area contributed by atoms with Gasteiger partial charge in [0.1, 0.15) is 0 Å². The van der Waals surface area contributed by atoms with E-state index in [1.807, 2.05) is 6.21 Å². The van der Waals surface area contributed by atoms with Gasteiger partial charge in [-0.15, -0.1) is 0 Å². The highest BCUT2D eigenvalue weighted by atomic mass is 14.7. The van der Waals surface area contributed by atoms with Crippen LogP contribution in [0.3, 0.4) is 0 Å². The number of para-hydroxylation sites is 1. The molecule has 1 nitrogen and oxygen atoms in total. The molecular formula is C23H31N. The third kappa shape index (κ3) is 4.35. The van der Waals surface area contributed by atoms with Gasteiger partial charge in [-0.05, 0) is 39.5 Å². The molecule has 0 atom stereocenters. The molecular weight excluding hydrogens is 290 g/mol. The second-order valence-corrected chi connectivity index (χ2v) is 8.22. The largest absolute Gasteiger partial charge is 0.256 e. The van der Waals surface area contributed by atoms with Gasteiger partial charge < -0.3 is 0 Å². The summed E-state index contributed by atoms with van der Waals surface area (Å²) >= 11 is 0. The number of hydrogen-bond acceptors (Lipinski definition) is 1. The van der Waals surface area contributed by atoms with E-state index in [0.29, 0.717) is 11.8 Å². The van der Waals surface area contributed by atoms with E-state index < -0.39 is 0 Å². The van der Waals surface area contributed by atoms with Crippen molar-refractivity contribution in [1.29, 1.82) is 0 Å². The van der Waals surface area contributed by atoms with Crippen molar-refractivity contribution in [2.24, 2.45) is 4.99 Å². The second-order valence-electron chi connectivity index (χ2n) is 8.22. The van der Waals surface area contributed by atoms with Gasteiger partial charge in [-0.2, -0.15) is 0 Å². The lowest BCUT2D eigenvalue weighted by Gasteiger charge is -2.19. The van der Waals surface area contributed by atoms with Crippen LogP contribution < -0.4 is 0 Å². The Kier molecular flexibility index (Phi) is 5.64. The predicted octanol–water partition coefficient (Wildman–Crippen LogP) is 6.98. The number of nitrogens with zero attached hydrogens (tertiary/aromatic N) is 1. The fraction of sp³-hybridized carbons (Fsp3) is 0.435. The molecule has 0 spiro atoms. The first kappa shape index (κ1) is 18.4. The third-order valence-electron chi connectivity index (χ3n) is 4.46. The first-order valence-corrected chi connectivity index (χ1v) is 8.97. The van der Waals surface area contributed by atoms with E-state index in [4.69, 9.17) is 4.99 Å². The molecule has 0 bridgehead atoms. The van der Waals surface area contributed by atoms with E-state index >= 15 is 0 Å². The molecule has 0 heterocycles. The highest BCUT2D eigenvalue weighted by Crippen LogP contribution is 2.34. The summed E-state index contributed by atoms with van der Waals surface area (Å²) in [4.78, 5) is 4.89. The highest BCUT2D eigenvalue weighted by molar-refractivity contribution is 5.83. The van der Waals surface area contributed by atoms with Crippen molar-refractivity contribution in [3.05, 3.63) is 64.7 Å². The van der Waals surface area contributed by atoms with Crippen LogP contribution in [0.4, 0.5) is 5.69 Å². The van der Waals surface area contributed by atoms with Crippen molar-refractivity contribution >= 4 is 11.9 Å². The van der Waals surface area contributed by atoms with Crippen LogP contribution in [-0.2, 0) is 5.41 Å². The Morgan fingerprint density at radius 2 is 1.29 bits per heavy atom. The average Bonchev–Trinajstić information content (AvgIpc) is 2.51. The minimum Gasteiger partial charge on any atom is -0.256 e. The lowest BCUT2D eigenvalue weighted by molar-refractivity contribution is 0.590. The van der Waals surface area contributed by atoms with E-state index in [1.54, 1.807) is 0 Å². The summed E-state index contributed by atoms with van der Waals surface area (Å²) in [5.74, 6) is 0.943. The maximum absolute atomic E-state index is 4.89. The Bertz CT molecular complexity index is 672. The van der Waals surface area contributed by atoms with Crippen LogP contribution in [0.15, 0.2) is 47.5 Å². The smallest absolute Gasteiger partial charge is 0.0699 e. The molecule has 2 rings (SSSR count). The summed E-state index contributed by atoms with van der Waals surface area (Å²) in [5.41, 5.74) is 6.47. The minimum absolute atomic E-state index is 0.185. The van der Waals surface area contributed by atoms with Crippen molar-refractivity contribution in [2.75, 3.05) is 0 Å². The molecule has 0 saturated heterocycles. The molecule has 0 N–H and O–H groups in total. The monoisotopic (exact) mass is 321 g/mol. The van der Waals surface area contributed by atoms with Crippen LogP contribution in [0.5, 0.6) is 0 Å². The molecule has 2 aromatic rings. The molecule has 2 aromatic carbocycles. The summed E-state index contributed by atoms with van der Waals surface area (Å²) in [5, 5.41) is 0. The number of benzene rings is 2. The average molecular weight is 322 g/mol. The molecule has 0 aliphatic carbocycles. The van der Waals surface area contributed by atoms with Gasteiger partial charge in [0, 0.05) is 6.21 Å². The summed E-state index contributed by atoms with van der Waals surface area (Å²) in [6, 6.07) is 15.3.